The Hall–Kier alpha value is -3.35. The molecule has 27 heavy (non-hydrogen) atoms. The molecule has 2 heterocycles. The van der Waals surface area contributed by atoms with Gasteiger partial charge in [-0.1, -0.05) is 18.2 Å². The maximum Gasteiger partial charge on any atom is 0.416 e. The molecule has 0 aliphatic rings. The zero-order chi connectivity index (χ0) is 19.0. The molecule has 0 aliphatic heterocycles. The first-order valence-corrected chi connectivity index (χ1v) is 8.27. The van der Waals surface area contributed by atoms with Crippen molar-refractivity contribution in [1.82, 2.24) is 14.5 Å². The Morgan fingerprint density at radius 2 is 1.59 bits per heavy atom. The highest BCUT2D eigenvalue weighted by Gasteiger charge is 2.29. The van der Waals surface area contributed by atoms with Crippen LogP contribution in [0.1, 0.15) is 11.4 Å². The molecule has 0 saturated heterocycles. The number of para-hydroxylation sites is 2. The van der Waals surface area contributed by atoms with Gasteiger partial charge in [-0.2, -0.15) is 13.2 Å². The van der Waals surface area contributed by atoms with Crippen LogP contribution >= 0.6 is 0 Å². The average Bonchev–Trinajstić information content (AvgIpc) is 2.97. The molecule has 0 spiro atoms. The Kier molecular flexibility index (Phi) is 4.07. The normalized spacial score (nSPS) is 11.7. The minimum atomic E-state index is -4.35. The lowest BCUT2D eigenvalue weighted by atomic mass is 10.2. The lowest BCUT2D eigenvalue weighted by Gasteiger charge is -2.11. The number of halogens is 3. The molecule has 0 atom stereocenters. The summed E-state index contributed by atoms with van der Waals surface area (Å²) in [5.74, 6) is 2.01. The van der Waals surface area contributed by atoms with Crippen LogP contribution in [0, 0.1) is 6.92 Å². The molecule has 1 N–H and O–H groups in total. The molecule has 4 aromatic rings. The van der Waals surface area contributed by atoms with E-state index >= 15 is 0 Å². The van der Waals surface area contributed by atoms with Crippen molar-refractivity contribution in [3.63, 3.8) is 0 Å². The van der Waals surface area contributed by atoms with E-state index in [0.717, 1.165) is 29.0 Å². The fourth-order valence-electron chi connectivity index (χ4n) is 2.94. The molecule has 0 radical (unpaired) electrons. The van der Waals surface area contributed by atoms with Crippen LogP contribution in [0.15, 0.2) is 66.7 Å². The van der Waals surface area contributed by atoms with Gasteiger partial charge in [-0.05, 0) is 55.5 Å². The minimum absolute atomic E-state index is 0.528. The summed E-state index contributed by atoms with van der Waals surface area (Å²) < 4.78 is 40.0. The fraction of sp³-hybridized carbons (Fsp3) is 0.100. The first-order valence-electron chi connectivity index (χ1n) is 8.27. The number of rotatable bonds is 3. The third-order valence-electron chi connectivity index (χ3n) is 4.18. The number of aromatic nitrogens is 3. The van der Waals surface area contributed by atoms with Crippen molar-refractivity contribution >= 4 is 22.5 Å². The van der Waals surface area contributed by atoms with Crippen molar-refractivity contribution in [2.45, 2.75) is 13.1 Å². The molecule has 2 aromatic heterocycles. The first kappa shape index (κ1) is 17.1. The van der Waals surface area contributed by atoms with Crippen molar-refractivity contribution in [2.75, 3.05) is 5.32 Å². The minimum Gasteiger partial charge on any atom is -0.340 e. The van der Waals surface area contributed by atoms with E-state index in [1.54, 1.807) is 6.07 Å². The Bertz CT molecular complexity index is 1100. The van der Waals surface area contributed by atoms with Crippen LogP contribution in [-0.4, -0.2) is 14.5 Å². The number of anilines is 2. The van der Waals surface area contributed by atoms with E-state index in [2.05, 4.69) is 15.3 Å². The highest BCUT2D eigenvalue weighted by molar-refractivity contribution is 5.78. The predicted octanol–water partition coefficient (Wildman–Crippen LogP) is 5.49. The number of aryl methyl sites for hydroxylation is 1. The van der Waals surface area contributed by atoms with Gasteiger partial charge in [0, 0.05) is 5.69 Å². The standard InChI is InChI=1S/C20H15F3N4/c1-13-24-16-5-2-3-6-17(16)27(13)19-8-4-7-18(26-19)25-15-11-9-14(10-12-15)20(21,22)23/h2-12H,1H3,(H,25,26). The molecule has 0 bridgehead atoms. The summed E-state index contributed by atoms with van der Waals surface area (Å²) in [6.07, 6.45) is -4.35. The molecule has 7 heteroatoms. The SMILES string of the molecule is Cc1nc2ccccc2n1-c1cccc(Nc2ccc(C(F)(F)F)cc2)n1. The fourth-order valence-corrected chi connectivity index (χ4v) is 2.94. The van der Waals surface area contributed by atoms with Crippen LogP contribution in [0.2, 0.25) is 0 Å². The van der Waals surface area contributed by atoms with Gasteiger partial charge >= 0.3 is 6.18 Å². The third kappa shape index (κ3) is 3.36. The van der Waals surface area contributed by atoms with Crippen LogP contribution in [-0.2, 0) is 6.18 Å². The molecule has 0 aliphatic carbocycles. The van der Waals surface area contributed by atoms with Crippen LogP contribution < -0.4 is 5.32 Å². The van der Waals surface area contributed by atoms with Crippen molar-refractivity contribution in [1.29, 1.82) is 0 Å². The lowest BCUT2D eigenvalue weighted by molar-refractivity contribution is -0.137. The number of nitrogens with zero attached hydrogens (tertiary/aromatic N) is 3. The molecule has 0 fully saturated rings. The topological polar surface area (TPSA) is 42.7 Å². The van der Waals surface area contributed by atoms with Crippen molar-refractivity contribution in [3.05, 3.63) is 78.1 Å². The molecule has 136 valence electrons. The number of pyridine rings is 1. The third-order valence-corrected chi connectivity index (χ3v) is 4.18. The second kappa shape index (κ2) is 6.42. The van der Waals surface area contributed by atoms with Crippen LogP contribution in [0.5, 0.6) is 0 Å². The van der Waals surface area contributed by atoms with Gasteiger partial charge in [0.15, 0.2) is 0 Å². The molecular weight excluding hydrogens is 353 g/mol. The van der Waals surface area contributed by atoms with Gasteiger partial charge in [0.1, 0.15) is 17.5 Å². The Morgan fingerprint density at radius 3 is 2.33 bits per heavy atom. The van der Waals surface area contributed by atoms with Gasteiger partial charge in [-0.15, -0.1) is 0 Å². The summed E-state index contributed by atoms with van der Waals surface area (Å²) in [6, 6.07) is 18.1. The maximum absolute atomic E-state index is 12.7. The van der Waals surface area contributed by atoms with Gasteiger partial charge in [0.2, 0.25) is 0 Å². The average molecular weight is 368 g/mol. The molecule has 0 saturated carbocycles. The molecule has 0 unspecified atom stereocenters. The van der Waals surface area contributed by atoms with Gasteiger partial charge in [0.05, 0.1) is 16.6 Å². The van der Waals surface area contributed by atoms with E-state index in [1.165, 1.54) is 12.1 Å². The predicted molar refractivity (Wildman–Crippen MR) is 98.3 cm³/mol. The van der Waals surface area contributed by atoms with Crippen LogP contribution in [0.3, 0.4) is 0 Å². The summed E-state index contributed by atoms with van der Waals surface area (Å²) in [5, 5.41) is 3.04. The Morgan fingerprint density at radius 1 is 0.852 bits per heavy atom. The number of alkyl halides is 3. The van der Waals surface area contributed by atoms with Crippen LogP contribution in [0.25, 0.3) is 16.9 Å². The van der Waals surface area contributed by atoms with E-state index in [-0.39, 0.29) is 0 Å². The summed E-state index contributed by atoms with van der Waals surface area (Å²) in [5.41, 5.74) is 1.65. The molecule has 2 aromatic carbocycles. The summed E-state index contributed by atoms with van der Waals surface area (Å²) in [7, 11) is 0. The summed E-state index contributed by atoms with van der Waals surface area (Å²) in [6.45, 7) is 1.90. The monoisotopic (exact) mass is 368 g/mol. The quantitative estimate of drug-likeness (QED) is 0.520. The van der Waals surface area contributed by atoms with Crippen LogP contribution in [0.4, 0.5) is 24.7 Å². The number of nitrogens with one attached hydrogen (secondary N) is 1. The summed E-state index contributed by atoms with van der Waals surface area (Å²) >= 11 is 0. The van der Waals surface area contributed by atoms with E-state index < -0.39 is 11.7 Å². The highest BCUT2D eigenvalue weighted by atomic mass is 19.4. The molecule has 4 nitrogen and oxygen atoms in total. The van der Waals surface area contributed by atoms with Gasteiger partial charge < -0.3 is 5.32 Å². The number of imidazole rings is 1. The summed E-state index contributed by atoms with van der Waals surface area (Å²) in [4.78, 5) is 9.11. The van der Waals surface area contributed by atoms with Crippen molar-refractivity contribution < 1.29 is 13.2 Å². The number of hydrogen-bond donors (Lipinski definition) is 1. The van der Waals surface area contributed by atoms with E-state index in [1.807, 2.05) is 47.9 Å². The van der Waals surface area contributed by atoms with Gasteiger partial charge in [0.25, 0.3) is 0 Å². The number of hydrogen-bond acceptors (Lipinski definition) is 3. The Balaban J connectivity index is 1.66. The number of benzene rings is 2. The van der Waals surface area contributed by atoms with E-state index in [4.69, 9.17) is 0 Å². The molecule has 0 amide bonds. The second-order valence-electron chi connectivity index (χ2n) is 6.06. The first-order chi connectivity index (χ1) is 12.9. The van der Waals surface area contributed by atoms with Crippen molar-refractivity contribution in [3.8, 4) is 5.82 Å². The van der Waals surface area contributed by atoms with E-state index in [9.17, 15) is 13.2 Å². The van der Waals surface area contributed by atoms with E-state index in [0.29, 0.717) is 17.3 Å². The smallest absolute Gasteiger partial charge is 0.340 e. The maximum atomic E-state index is 12.7. The van der Waals surface area contributed by atoms with Gasteiger partial charge in [-0.25, -0.2) is 9.97 Å². The highest BCUT2D eigenvalue weighted by Crippen LogP contribution is 2.30. The lowest BCUT2D eigenvalue weighted by Crippen LogP contribution is -2.05. The largest absolute Gasteiger partial charge is 0.416 e. The molecule has 4 rings (SSSR count). The van der Waals surface area contributed by atoms with Crippen molar-refractivity contribution in [2.24, 2.45) is 0 Å². The van der Waals surface area contributed by atoms with Gasteiger partial charge in [-0.3, -0.25) is 4.57 Å². The Labute approximate surface area is 153 Å². The second-order valence-corrected chi connectivity index (χ2v) is 6.06. The zero-order valence-electron chi connectivity index (χ0n) is 14.3. The molecular formula is C20H15F3N4. The zero-order valence-corrected chi connectivity index (χ0v) is 14.3. The number of fused-ring (bicyclic) bond motifs is 1.